The molecule has 4 rings (SSSR count). The zero-order chi connectivity index (χ0) is 18.3. The van der Waals surface area contributed by atoms with E-state index in [0.717, 1.165) is 19.3 Å². The van der Waals surface area contributed by atoms with E-state index in [2.05, 4.69) is 28.0 Å². The summed E-state index contributed by atoms with van der Waals surface area (Å²) in [5.74, 6) is 0.322. The second kappa shape index (κ2) is 6.61. The fourth-order valence-electron chi connectivity index (χ4n) is 3.49. The van der Waals surface area contributed by atoms with Gasteiger partial charge in [-0.1, -0.05) is 25.8 Å². The molecule has 2 saturated heterocycles. The number of anilines is 1. The van der Waals surface area contributed by atoms with Crippen molar-refractivity contribution in [1.29, 1.82) is 0 Å². The molecule has 0 saturated carbocycles. The lowest BCUT2D eigenvalue weighted by molar-refractivity contribution is -0.183. The van der Waals surface area contributed by atoms with Crippen LogP contribution in [0.3, 0.4) is 0 Å². The molecule has 0 spiro atoms. The lowest BCUT2D eigenvalue weighted by atomic mass is 10.2. The molecule has 2 aliphatic heterocycles. The number of fused-ring (bicyclic) bond motifs is 2. The van der Waals surface area contributed by atoms with Gasteiger partial charge in [-0.05, 0) is 26.3 Å². The summed E-state index contributed by atoms with van der Waals surface area (Å²) >= 11 is 0. The highest BCUT2D eigenvalue weighted by Crippen LogP contribution is 2.40. The Morgan fingerprint density at radius 3 is 3.00 bits per heavy atom. The average Bonchev–Trinajstić information content (AvgIpc) is 3.23. The molecule has 0 aliphatic carbocycles. The molecule has 2 fully saturated rings. The topological polar surface area (TPSA) is 97.3 Å². The molecule has 8 heteroatoms. The first-order valence-corrected chi connectivity index (χ1v) is 9.12. The van der Waals surface area contributed by atoms with Gasteiger partial charge >= 0.3 is 0 Å². The van der Waals surface area contributed by atoms with Crippen molar-refractivity contribution < 1.29 is 14.2 Å². The van der Waals surface area contributed by atoms with Crippen LogP contribution in [0.4, 0.5) is 5.82 Å². The van der Waals surface area contributed by atoms with Gasteiger partial charge in [-0.15, -0.1) is 0 Å². The van der Waals surface area contributed by atoms with E-state index in [-0.39, 0.29) is 18.4 Å². The monoisotopic (exact) mass is 359 g/mol. The molecular weight excluding hydrogens is 334 g/mol. The maximum absolute atomic E-state index is 6.09. The lowest BCUT2D eigenvalue weighted by Crippen LogP contribution is -2.27. The molecule has 4 heterocycles. The number of allylic oxidation sites excluding steroid dienone is 1. The van der Waals surface area contributed by atoms with Crippen LogP contribution in [-0.4, -0.2) is 44.1 Å². The van der Waals surface area contributed by atoms with Crippen LogP contribution in [0.2, 0.25) is 0 Å². The van der Waals surface area contributed by atoms with Crippen molar-refractivity contribution in [3.8, 4) is 0 Å². The van der Waals surface area contributed by atoms with Gasteiger partial charge < -0.3 is 19.9 Å². The van der Waals surface area contributed by atoms with Crippen LogP contribution >= 0.6 is 0 Å². The molecule has 2 aromatic heterocycles. The molecule has 0 aromatic carbocycles. The standard InChI is InChI=1S/C18H25N5O3/c1-4-5-6-7-8-12-21-15(19)13-16(22-12)23(10-20-13)17-14-11(9-24-17)25-18(2,3)26-14/h7-8,10-11,14,17H,4-6,9H2,1-3H3,(H2,19,21,22)/b8-7+/t11-,14-,17-/m1/s1. The van der Waals surface area contributed by atoms with Gasteiger partial charge in [0.15, 0.2) is 29.3 Å². The number of unbranched alkanes of at least 4 members (excludes halogenated alkanes) is 2. The Bertz CT molecular complexity index is 832. The van der Waals surface area contributed by atoms with E-state index in [1.807, 2.05) is 24.5 Å². The Morgan fingerprint density at radius 2 is 2.19 bits per heavy atom. The van der Waals surface area contributed by atoms with E-state index in [9.17, 15) is 0 Å². The first kappa shape index (κ1) is 17.4. The number of aromatic nitrogens is 4. The van der Waals surface area contributed by atoms with Crippen LogP contribution in [-0.2, 0) is 14.2 Å². The van der Waals surface area contributed by atoms with Crippen LogP contribution in [0.1, 0.15) is 52.1 Å². The van der Waals surface area contributed by atoms with Crippen LogP contribution in [0.25, 0.3) is 17.2 Å². The number of hydrogen-bond donors (Lipinski definition) is 1. The second-order valence-electron chi connectivity index (χ2n) is 7.20. The minimum absolute atomic E-state index is 0.0972. The third kappa shape index (κ3) is 3.08. The summed E-state index contributed by atoms with van der Waals surface area (Å²) < 4.78 is 19.7. The summed E-state index contributed by atoms with van der Waals surface area (Å²) in [6.07, 6.45) is 8.29. The van der Waals surface area contributed by atoms with Gasteiger partial charge in [0.05, 0.1) is 12.9 Å². The molecule has 2 aromatic rings. The van der Waals surface area contributed by atoms with Crippen LogP contribution in [0.5, 0.6) is 0 Å². The molecule has 140 valence electrons. The number of imidazole rings is 1. The van der Waals surface area contributed by atoms with Crippen molar-refractivity contribution in [1.82, 2.24) is 19.5 Å². The van der Waals surface area contributed by atoms with Crippen molar-refractivity contribution in [3.63, 3.8) is 0 Å². The molecule has 0 radical (unpaired) electrons. The maximum atomic E-state index is 6.09. The van der Waals surface area contributed by atoms with Gasteiger partial charge in [-0.3, -0.25) is 4.57 Å². The first-order valence-electron chi connectivity index (χ1n) is 9.12. The minimum Gasteiger partial charge on any atom is -0.382 e. The number of nitrogens with zero attached hydrogens (tertiary/aromatic N) is 4. The summed E-state index contributed by atoms with van der Waals surface area (Å²) in [5, 5.41) is 0. The third-order valence-electron chi connectivity index (χ3n) is 4.66. The van der Waals surface area contributed by atoms with Gasteiger partial charge in [0.25, 0.3) is 0 Å². The van der Waals surface area contributed by atoms with E-state index in [1.165, 1.54) is 0 Å². The fourth-order valence-corrected chi connectivity index (χ4v) is 3.49. The largest absolute Gasteiger partial charge is 0.382 e. The fraction of sp³-hybridized carbons (Fsp3) is 0.611. The summed E-state index contributed by atoms with van der Waals surface area (Å²) in [7, 11) is 0. The predicted molar refractivity (Wildman–Crippen MR) is 97.1 cm³/mol. The van der Waals surface area contributed by atoms with Crippen molar-refractivity contribution in [3.05, 3.63) is 18.2 Å². The second-order valence-corrected chi connectivity index (χ2v) is 7.20. The summed E-state index contributed by atoms with van der Waals surface area (Å²) in [5.41, 5.74) is 7.31. The zero-order valence-corrected chi connectivity index (χ0v) is 15.4. The van der Waals surface area contributed by atoms with Gasteiger partial charge in [0, 0.05) is 0 Å². The molecule has 0 bridgehead atoms. The van der Waals surface area contributed by atoms with Crippen LogP contribution < -0.4 is 5.73 Å². The predicted octanol–water partition coefficient (Wildman–Crippen LogP) is 2.66. The average molecular weight is 359 g/mol. The number of rotatable bonds is 5. The van der Waals surface area contributed by atoms with E-state index in [0.29, 0.717) is 29.4 Å². The number of nitrogen functional groups attached to an aromatic ring is 1. The smallest absolute Gasteiger partial charge is 0.168 e. The first-order chi connectivity index (χ1) is 12.5. The molecule has 0 amide bonds. The minimum atomic E-state index is -0.616. The van der Waals surface area contributed by atoms with Gasteiger partial charge in [-0.25, -0.2) is 15.0 Å². The van der Waals surface area contributed by atoms with Crippen LogP contribution in [0.15, 0.2) is 12.4 Å². The Hall–Kier alpha value is -2.03. The highest BCUT2D eigenvalue weighted by atomic mass is 16.8. The highest BCUT2D eigenvalue weighted by molar-refractivity contribution is 5.82. The van der Waals surface area contributed by atoms with Gasteiger partial charge in [0.2, 0.25) is 0 Å². The van der Waals surface area contributed by atoms with Crippen molar-refractivity contribution in [2.24, 2.45) is 0 Å². The van der Waals surface area contributed by atoms with Crippen molar-refractivity contribution in [2.45, 2.75) is 64.3 Å². The van der Waals surface area contributed by atoms with Gasteiger partial charge in [0.1, 0.15) is 17.7 Å². The Balaban J connectivity index is 1.66. The van der Waals surface area contributed by atoms with Crippen LogP contribution in [0, 0.1) is 0 Å². The molecule has 2 aliphatic rings. The van der Waals surface area contributed by atoms with Crippen molar-refractivity contribution in [2.75, 3.05) is 12.3 Å². The Morgan fingerprint density at radius 1 is 1.35 bits per heavy atom. The molecule has 2 N–H and O–H groups in total. The SMILES string of the molecule is CCCC/C=C/c1nc(N)c2ncn([C@@H]3OC[C@H]4OC(C)(C)O[C@@H]34)c2n1. The van der Waals surface area contributed by atoms with E-state index in [1.54, 1.807) is 6.33 Å². The van der Waals surface area contributed by atoms with E-state index >= 15 is 0 Å². The quantitative estimate of drug-likeness (QED) is 0.820. The molecule has 8 nitrogen and oxygen atoms in total. The van der Waals surface area contributed by atoms with Gasteiger partial charge in [-0.2, -0.15) is 0 Å². The van der Waals surface area contributed by atoms with E-state index in [4.69, 9.17) is 19.9 Å². The Kier molecular flexibility index (Phi) is 4.42. The van der Waals surface area contributed by atoms with E-state index < -0.39 is 5.79 Å². The number of hydrogen-bond acceptors (Lipinski definition) is 7. The Labute approximate surface area is 152 Å². The third-order valence-corrected chi connectivity index (χ3v) is 4.66. The lowest BCUT2D eigenvalue weighted by Gasteiger charge is -2.22. The summed E-state index contributed by atoms with van der Waals surface area (Å²) in [6, 6.07) is 0. The maximum Gasteiger partial charge on any atom is 0.168 e. The number of ether oxygens (including phenoxy) is 3. The summed E-state index contributed by atoms with van der Waals surface area (Å²) in [6.45, 7) is 6.46. The molecular formula is C18H25N5O3. The summed E-state index contributed by atoms with van der Waals surface area (Å²) in [4.78, 5) is 13.3. The normalized spacial score (nSPS) is 27.6. The number of nitrogens with two attached hydrogens (primary N) is 1. The van der Waals surface area contributed by atoms with Crippen molar-refractivity contribution >= 4 is 23.1 Å². The molecule has 26 heavy (non-hydrogen) atoms. The zero-order valence-electron chi connectivity index (χ0n) is 15.4. The molecule has 0 unspecified atom stereocenters. The highest BCUT2D eigenvalue weighted by Gasteiger charge is 2.51. The molecule has 3 atom stereocenters.